The zero-order chi connectivity index (χ0) is 13.3. The van der Waals surface area contributed by atoms with Gasteiger partial charge in [0, 0.05) is 27.4 Å². The summed E-state index contributed by atoms with van der Waals surface area (Å²) >= 11 is 0. The fraction of sp³-hybridized carbons (Fsp3) is 0.600. The molecular formula is C15H25NOSi. The third-order valence-electron chi connectivity index (χ3n) is 3.76. The molecule has 18 heavy (non-hydrogen) atoms. The molecule has 100 valence electrons. The lowest BCUT2D eigenvalue weighted by Crippen LogP contribution is -2.31. The number of methoxy groups -OCH3 is 1. The largest absolute Gasteiger partial charge is 0.497 e. The van der Waals surface area contributed by atoms with E-state index in [9.17, 15) is 0 Å². The number of ether oxygens (including phenoxy) is 1. The summed E-state index contributed by atoms with van der Waals surface area (Å²) in [5.41, 5.74) is 2.89. The third-order valence-corrected chi connectivity index (χ3v) is 5.48. The second kappa shape index (κ2) is 4.96. The molecule has 1 unspecified atom stereocenters. The molecule has 0 bridgehead atoms. The first-order valence-corrected chi connectivity index (χ1v) is 10.5. The molecule has 2 nitrogen and oxygen atoms in total. The van der Waals surface area contributed by atoms with Crippen molar-refractivity contribution < 1.29 is 4.74 Å². The van der Waals surface area contributed by atoms with E-state index in [1.807, 2.05) is 0 Å². The van der Waals surface area contributed by atoms with Gasteiger partial charge >= 0.3 is 0 Å². The fourth-order valence-electron chi connectivity index (χ4n) is 2.91. The predicted molar refractivity (Wildman–Crippen MR) is 81.8 cm³/mol. The second-order valence-electron chi connectivity index (χ2n) is 6.60. The molecule has 0 aromatic heterocycles. The third kappa shape index (κ3) is 2.89. The van der Waals surface area contributed by atoms with Crippen LogP contribution in [0.5, 0.6) is 5.75 Å². The molecule has 1 aromatic carbocycles. The quantitative estimate of drug-likeness (QED) is 0.765. The molecule has 1 aromatic rings. The molecule has 0 saturated carbocycles. The minimum absolute atomic E-state index is 0.720. The molecule has 0 N–H and O–H groups in total. The number of fused-ring (bicyclic) bond motifs is 1. The van der Waals surface area contributed by atoms with Gasteiger partial charge in [-0.25, -0.2) is 0 Å². The van der Waals surface area contributed by atoms with Crippen LogP contribution < -0.4 is 9.64 Å². The van der Waals surface area contributed by atoms with Gasteiger partial charge in [-0.05, 0) is 36.1 Å². The van der Waals surface area contributed by atoms with E-state index in [2.05, 4.69) is 49.8 Å². The number of benzene rings is 1. The summed E-state index contributed by atoms with van der Waals surface area (Å²) in [5.74, 6) is 1.71. The van der Waals surface area contributed by atoms with Gasteiger partial charge in [-0.3, -0.25) is 0 Å². The number of anilines is 1. The van der Waals surface area contributed by atoms with Gasteiger partial charge in [-0.15, -0.1) is 0 Å². The topological polar surface area (TPSA) is 12.5 Å². The first-order valence-electron chi connectivity index (χ1n) is 6.80. The summed E-state index contributed by atoms with van der Waals surface area (Å²) < 4.78 is 5.39. The van der Waals surface area contributed by atoms with Gasteiger partial charge in [0.25, 0.3) is 0 Å². The number of nitrogens with zero attached hydrogens (tertiary/aromatic N) is 1. The molecule has 0 amide bonds. The maximum absolute atomic E-state index is 5.39. The van der Waals surface area contributed by atoms with Crippen molar-refractivity contribution in [1.29, 1.82) is 0 Å². The Bertz CT molecular complexity index is 425. The van der Waals surface area contributed by atoms with E-state index < -0.39 is 8.07 Å². The van der Waals surface area contributed by atoms with E-state index in [4.69, 9.17) is 4.74 Å². The van der Waals surface area contributed by atoms with Crippen LogP contribution >= 0.6 is 0 Å². The Balaban J connectivity index is 2.35. The molecule has 3 heteroatoms. The van der Waals surface area contributed by atoms with Crippen LogP contribution in [0, 0.1) is 0 Å². The van der Waals surface area contributed by atoms with Crippen molar-refractivity contribution in [3.05, 3.63) is 23.8 Å². The number of rotatable bonds is 3. The SMILES string of the molecule is COc1ccc2c(c1)C(C[Si](C)(C)C)CCN2C. The maximum Gasteiger partial charge on any atom is 0.119 e. The molecule has 1 heterocycles. The molecule has 0 spiro atoms. The van der Waals surface area contributed by atoms with Crippen LogP contribution in [0.15, 0.2) is 18.2 Å². The highest BCUT2D eigenvalue weighted by Crippen LogP contribution is 2.40. The van der Waals surface area contributed by atoms with Crippen LogP contribution in [-0.4, -0.2) is 28.8 Å². The molecular weight excluding hydrogens is 238 g/mol. The van der Waals surface area contributed by atoms with Crippen LogP contribution in [0.4, 0.5) is 5.69 Å². The highest BCUT2D eigenvalue weighted by molar-refractivity contribution is 6.76. The van der Waals surface area contributed by atoms with Crippen molar-refractivity contribution in [3.63, 3.8) is 0 Å². The molecule has 1 aliphatic heterocycles. The van der Waals surface area contributed by atoms with Crippen molar-refractivity contribution >= 4 is 13.8 Å². The summed E-state index contributed by atoms with van der Waals surface area (Å²) in [6.45, 7) is 8.57. The van der Waals surface area contributed by atoms with Crippen LogP contribution in [0.1, 0.15) is 17.9 Å². The summed E-state index contributed by atoms with van der Waals surface area (Å²) in [7, 11) is 2.92. The van der Waals surface area contributed by atoms with Gasteiger partial charge < -0.3 is 9.64 Å². The fourth-order valence-corrected chi connectivity index (χ4v) is 4.81. The summed E-state index contributed by atoms with van der Waals surface area (Å²) in [6, 6.07) is 7.91. The molecule has 1 aliphatic rings. The zero-order valence-electron chi connectivity index (χ0n) is 12.3. The zero-order valence-corrected chi connectivity index (χ0v) is 13.3. The van der Waals surface area contributed by atoms with Crippen molar-refractivity contribution in [2.24, 2.45) is 0 Å². The molecule has 0 aliphatic carbocycles. The Kier molecular flexibility index (Phi) is 3.71. The lowest BCUT2D eigenvalue weighted by atomic mass is 9.91. The number of hydrogen-bond acceptors (Lipinski definition) is 2. The average molecular weight is 263 g/mol. The normalized spacial score (nSPS) is 19.6. The van der Waals surface area contributed by atoms with E-state index in [-0.39, 0.29) is 0 Å². The lowest BCUT2D eigenvalue weighted by molar-refractivity contribution is 0.413. The van der Waals surface area contributed by atoms with Crippen LogP contribution in [-0.2, 0) is 0 Å². The summed E-state index contributed by atoms with van der Waals surface area (Å²) in [5, 5.41) is 0. The van der Waals surface area contributed by atoms with Crippen LogP contribution in [0.2, 0.25) is 25.7 Å². The maximum atomic E-state index is 5.39. The van der Waals surface area contributed by atoms with E-state index in [1.54, 1.807) is 7.11 Å². The van der Waals surface area contributed by atoms with Gasteiger partial charge in [0.15, 0.2) is 0 Å². The highest BCUT2D eigenvalue weighted by atomic mass is 28.3. The number of hydrogen-bond donors (Lipinski definition) is 0. The molecule has 0 radical (unpaired) electrons. The Morgan fingerprint density at radius 1 is 1.33 bits per heavy atom. The standard InChI is InChI=1S/C15H25NOSi/c1-16-9-8-12(11-18(3,4)5)14-10-13(17-2)6-7-15(14)16/h6-7,10,12H,8-9,11H2,1-5H3. The lowest BCUT2D eigenvalue weighted by Gasteiger charge is -2.36. The molecule has 2 rings (SSSR count). The molecule has 1 atom stereocenters. The van der Waals surface area contributed by atoms with Gasteiger partial charge in [-0.2, -0.15) is 0 Å². The van der Waals surface area contributed by atoms with Gasteiger partial charge in [0.05, 0.1) is 7.11 Å². The van der Waals surface area contributed by atoms with E-state index in [0.29, 0.717) is 0 Å². The average Bonchev–Trinajstić information content (AvgIpc) is 2.31. The van der Waals surface area contributed by atoms with Crippen LogP contribution in [0.25, 0.3) is 0 Å². The predicted octanol–water partition coefficient (Wildman–Crippen LogP) is 3.96. The van der Waals surface area contributed by atoms with Gasteiger partial charge in [0.1, 0.15) is 5.75 Å². The van der Waals surface area contributed by atoms with Gasteiger partial charge in [0.2, 0.25) is 0 Å². The van der Waals surface area contributed by atoms with E-state index in [1.165, 1.54) is 30.3 Å². The van der Waals surface area contributed by atoms with E-state index >= 15 is 0 Å². The monoisotopic (exact) mass is 263 g/mol. The van der Waals surface area contributed by atoms with Crippen molar-refractivity contribution in [2.45, 2.75) is 38.0 Å². The smallest absolute Gasteiger partial charge is 0.119 e. The first kappa shape index (κ1) is 13.5. The Morgan fingerprint density at radius 2 is 2.06 bits per heavy atom. The summed E-state index contributed by atoms with van der Waals surface area (Å²) in [4.78, 5) is 2.37. The minimum Gasteiger partial charge on any atom is -0.497 e. The summed E-state index contributed by atoms with van der Waals surface area (Å²) in [6.07, 6.45) is 1.28. The highest BCUT2D eigenvalue weighted by Gasteiger charge is 2.28. The molecule has 0 fully saturated rings. The second-order valence-corrected chi connectivity index (χ2v) is 12.1. The van der Waals surface area contributed by atoms with Crippen molar-refractivity contribution in [3.8, 4) is 5.75 Å². The van der Waals surface area contributed by atoms with Crippen LogP contribution in [0.3, 0.4) is 0 Å². The minimum atomic E-state index is -1.02. The van der Waals surface area contributed by atoms with Gasteiger partial charge in [-0.1, -0.05) is 25.7 Å². The first-order chi connectivity index (χ1) is 8.40. The Hall–Kier alpha value is -0.963. The Labute approximate surface area is 112 Å². The van der Waals surface area contributed by atoms with Crippen molar-refractivity contribution in [1.82, 2.24) is 0 Å². The Morgan fingerprint density at radius 3 is 2.67 bits per heavy atom. The van der Waals surface area contributed by atoms with E-state index in [0.717, 1.165) is 11.7 Å². The molecule has 0 saturated heterocycles. The van der Waals surface area contributed by atoms with Crippen molar-refractivity contribution in [2.75, 3.05) is 25.6 Å².